The van der Waals surface area contributed by atoms with Crippen LogP contribution in [0.1, 0.15) is 0 Å². The average molecular weight is 219 g/mol. The summed E-state index contributed by atoms with van der Waals surface area (Å²) in [5.74, 6) is 0. The Kier molecular flexibility index (Phi) is 2.27. The van der Waals surface area contributed by atoms with Crippen molar-refractivity contribution < 1.29 is 18.4 Å². The van der Waals surface area contributed by atoms with Gasteiger partial charge in [-0.25, -0.2) is 13.4 Å². The van der Waals surface area contributed by atoms with Crippen LogP contribution in [0.4, 0.5) is 0 Å². The minimum absolute atomic E-state index is 0.00658. The third-order valence-corrected chi connectivity index (χ3v) is 3.36. The highest BCUT2D eigenvalue weighted by atomic mass is 32.2. The normalized spacial score (nSPS) is 24.2. The van der Waals surface area contributed by atoms with Crippen LogP contribution in [-0.4, -0.2) is 47.2 Å². The molecule has 2 rings (SSSR count). The van der Waals surface area contributed by atoms with E-state index >= 15 is 0 Å². The lowest BCUT2D eigenvalue weighted by molar-refractivity contribution is -0.0318. The molecule has 0 bridgehead atoms. The highest BCUT2D eigenvalue weighted by Gasteiger charge is 2.34. The minimum atomic E-state index is -3.70. The summed E-state index contributed by atoms with van der Waals surface area (Å²) in [6.45, 7) is -0.0608. The molecule has 0 radical (unpaired) electrons. The number of β-amino-alcohol motifs (C(OH)–C–C–N with tert-alkyl or cyclic N) is 1. The quantitative estimate of drug-likeness (QED) is 0.645. The van der Waals surface area contributed by atoms with E-state index in [0.717, 1.165) is 4.47 Å². The van der Waals surface area contributed by atoms with Crippen LogP contribution in [0.3, 0.4) is 0 Å². The highest BCUT2D eigenvalue weighted by Crippen LogP contribution is 2.17. The van der Waals surface area contributed by atoms with E-state index in [4.69, 9.17) is 9.94 Å². The number of rotatable bonds is 2. The molecule has 0 saturated carbocycles. The van der Waals surface area contributed by atoms with Crippen molar-refractivity contribution in [3.8, 4) is 0 Å². The first-order chi connectivity index (χ1) is 6.60. The molecule has 1 fully saturated rings. The van der Waals surface area contributed by atoms with E-state index in [9.17, 15) is 8.42 Å². The van der Waals surface area contributed by atoms with Crippen molar-refractivity contribution in [1.82, 2.24) is 14.4 Å². The predicted octanol–water partition coefficient (Wildman–Crippen LogP) is -1.29. The zero-order valence-corrected chi connectivity index (χ0v) is 7.94. The van der Waals surface area contributed by atoms with Gasteiger partial charge >= 0.3 is 0 Å². The van der Waals surface area contributed by atoms with Crippen molar-refractivity contribution in [1.29, 1.82) is 0 Å². The molecule has 0 unspecified atom stereocenters. The predicted molar refractivity (Wildman–Crippen MR) is 44.4 cm³/mol. The first kappa shape index (κ1) is 9.59. The Labute approximate surface area is 80.3 Å². The molecule has 1 aliphatic heterocycles. The molecule has 0 aromatic carbocycles. The van der Waals surface area contributed by atoms with Gasteiger partial charge in [0.2, 0.25) is 0 Å². The fraction of sp³-hybridized carbons (Fsp3) is 0.500. The van der Waals surface area contributed by atoms with E-state index in [-0.39, 0.29) is 18.2 Å². The molecule has 0 aliphatic carbocycles. The number of nitrogens with one attached hydrogen (secondary N) is 1. The van der Waals surface area contributed by atoms with Gasteiger partial charge in [0.25, 0.3) is 10.0 Å². The Morgan fingerprint density at radius 3 is 3.00 bits per heavy atom. The first-order valence-corrected chi connectivity index (χ1v) is 5.37. The van der Waals surface area contributed by atoms with E-state index in [0.29, 0.717) is 0 Å². The van der Waals surface area contributed by atoms with Crippen LogP contribution in [0.15, 0.2) is 17.6 Å². The van der Waals surface area contributed by atoms with Gasteiger partial charge in [-0.2, -0.15) is 0 Å². The number of hydrogen-bond donors (Lipinski definition) is 2. The largest absolute Gasteiger partial charge is 0.389 e. The summed E-state index contributed by atoms with van der Waals surface area (Å²) in [5.41, 5.74) is 0. The number of hydroxylamine groups is 1. The van der Waals surface area contributed by atoms with Gasteiger partial charge in [-0.1, -0.05) is 4.47 Å². The molecule has 2 N–H and O–H groups in total. The van der Waals surface area contributed by atoms with Crippen LogP contribution in [0, 0.1) is 0 Å². The van der Waals surface area contributed by atoms with E-state index < -0.39 is 16.1 Å². The maximum atomic E-state index is 11.7. The van der Waals surface area contributed by atoms with Crippen LogP contribution in [0.2, 0.25) is 0 Å². The number of aromatic nitrogens is 2. The van der Waals surface area contributed by atoms with Gasteiger partial charge in [-0.05, 0) is 0 Å². The van der Waals surface area contributed by atoms with Crippen molar-refractivity contribution >= 4 is 10.0 Å². The SMILES string of the molecule is O=S(=O)(c1cnc[nH]1)N1C[C@H](O)CO1. The van der Waals surface area contributed by atoms with E-state index in [1.165, 1.54) is 12.5 Å². The zero-order valence-electron chi connectivity index (χ0n) is 7.12. The molecule has 0 spiro atoms. The first-order valence-electron chi connectivity index (χ1n) is 3.93. The Hall–Kier alpha value is -0.960. The molecule has 1 atom stereocenters. The Morgan fingerprint density at radius 2 is 2.50 bits per heavy atom. The van der Waals surface area contributed by atoms with Crippen molar-refractivity contribution in [3.63, 3.8) is 0 Å². The lowest BCUT2D eigenvalue weighted by Crippen LogP contribution is -2.28. The summed E-state index contributed by atoms with van der Waals surface area (Å²) in [6, 6.07) is 0. The maximum Gasteiger partial charge on any atom is 0.282 e. The monoisotopic (exact) mass is 219 g/mol. The van der Waals surface area contributed by atoms with E-state index in [1.807, 2.05) is 0 Å². The molecule has 14 heavy (non-hydrogen) atoms. The number of sulfonamides is 1. The maximum absolute atomic E-state index is 11.7. The number of aliphatic hydroxyl groups is 1. The number of hydrogen-bond acceptors (Lipinski definition) is 5. The molecule has 7 nitrogen and oxygen atoms in total. The third-order valence-electron chi connectivity index (χ3n) is 1.79. The highest BCUT2D eigenvalue weighted by molar-refractivity contribution is 7.88. The van der Waals surface area contributed by atoms with Gasteiger partial charge in [0.1, 0.15) is 0 Å². The molecule has 78 valence electrons. The molecule has 0 amide bonds. The number of imidazole rings is 1. The van der Waals surface area contributed by atoms with Crippen LogP contribution in [-0.2, 0) is 14.9 Å². The Balaban J connectivity index is 2.26. The minimum Gasteiger partial charge on any atom is -0.389 e. The molecule has 1 aromatic rings. The second-order valence-corrected chi connectivity index (χ2v) is 4.65. The van der Waals surface area contributed by atoms with Gasteiger partial charge in [-0.3, -0.25) is 4.84 Å². The molecular formula is C6H9N3O4S. The summed E-state index contributed by atoms with van der Waals surface area (Å²) < 4.78 is 24.1. The molecular weight excluding hydrogens is 210 g/mol. The summed E-state index contributed by atoms with van der Waals surface area (Å²) in [4.78, 5) is 10.9. The second-order valence-electron chi connectivity index (χ2n) is 2.86. The fourth-order valence-electron chi connectivity index (χ4n) is 1.11. The van der Waals surface area contributed by atoms with Gasteiger partial charge in [0.15, 0.2) is 5.03 Å². The molecule has 8 heteroatoms. The molecule has 2 heterocycles. The number of nitrogens with zero attached hydrogens (tertiary/aromatic N) is 2. The standard InChI is InChI=1S/C6H9N3O4S/c10-5-2-9(13-3-5)14(11,12)6-1-7-4-8-6/h1,4-5,10H,2-3H2,(H,7,8)/t5-/m0/s1. The summed E-state index contributed by atoms with van der Waals surface area (Å²) >= 11 is 0. The van der Waals surface area contributed by atoms with Crippen LogP contribution >= 0.6 is 0 Å². The average Bonchev–Trinajstić information content (AvgIpc) is 2.72. The third kappa shape index (κ3) is 1.52. The summed E-state index contributed by atoms with van der Waals surface area (Å²) in [6.07, 6.45) is 1.68. The molecule has 1 saturated heterocycles. The zero-order chi connectivity index (χ0) is 10.2. The van der Waals surface area contributed by atoms with Crippen LogP contribution < -0.4 is 0 Å². The molecule has 1 aromatic heterocycles. The van der Waals surface area contributed by atoms with Crippen LogP contribution in [0.5, 0.6) is 0 Å². The lowest BCUT2D eigenvalue weighted by Gasteiger charge is -2.11. The van der Waals surface area contributed by atoms with Gasteiger partial charge in [-0.15, -0.1) is 0 Å². The lowest BCUT2D eigenvalue weighted by atomic mass is 10.4. The summed E-state index contributed by atoms with van der Waals surface area (Å²) in [7, 11) is -3.70. The Bertz CT molecular complexity index is 401. The second kappa shape index (κ2) is 3.31. The Morgan fingerprint density at radius 1 is 1.71 bits per heavy atom. The smallest absolute Gasteiger partial charge is 0.282 e. The molecule has 1 aliphatic rings. The van der Waals surface area contributed by atoms with Crippen molar-refractivity contribution in [2.24, 2.45) is 0 Å². The number of aromatic amines is 1. The van der Waals surface area contributed by atoms with Gasteiger partial charge < -0.3 is 10.1 Å². The van der Waals surface area contributed by atoms with Gasteiger partial charge in [0.05, 0.1) is 31.8 Å². The van der Waals surface area contributed by atoms with E-state index in [2.05, 4.69) is 9.97 Å². The topological polar surface area (TPSA) is 95.5 Å². The summed E-state index contributed by atoms with van der Waals surface area (Å²) in [5, 5.41) is 9.05. The fourth-order valence-corrected chi connectivity index (χ4v) is 2.29. The van der Waals surface area contributed by atoms with Gasteiger partial charge in [0, 0.05) is 0 Å². The van der Waals surface area contributed by atoms with Crippen molar-refractivity contribution in [2.75, 3.05) is 13.2 Å². The van der Waals surface area contributed by atoms with Crippen molar-refractivity contribution in [2.45, 2.75) is 11.1 Å². The number of aliphatic hydroxyl groups excluding tert-OH is 1. The van der Waals surface area contributed by atoms with E-state index in [1.54, 1.807) is 0 Å². The van der Waals surface area contributed by atoms with Crippen molar-refractivity contribution in [3.05, 3.63) is 12.5 Å². The number of H-pyrrole nitrogens is 1. The van der Waals surface area contributed by atoms with Crippen LogP contribution in [0.25, 0.3) is 0 Å².